The molecule has 0 aliphatic carbocycles. The van der Waals surface area contributed by atoms with Gasteiger partial charge in [0.25, 0.3) is 0 Å². The van der Waals surface area contributed by atoms with E-state index >= 15 is 0 Å². The van der Waals surface area contributed by atoms with Crippen LogP contribution < -0.4 is 5.32 Å². The zero-order valence-corrected chi connectivity index (χ0v) is 36.9. The summed E-state index contributed by atoms with van der Waals surface area (Å²) in [6.45, 7) is 4.89. The summed E-state index contributed by atoms with van der Waals surface area (Å²) >= 11 is 0. The molecule has 326 valence electrons. The second-order valence-corrected chi connectivity index (χ2v) is 16.8. The lowest BCUT2D eigenvalue weighted by Gasteiger charge is -2.22. The fourth-order valence-corrected chi connectivity index (χ4v) is 7.51. The van der Waals surface area contributed by atoms with E-state index in [0.717, 1.165) is 57.8 Å². The van der Waals surface area contributed by atoms with Gasteiger partial charge in [-0.3, -0.25) is 9.59 Å². The predicted octanol–water partition coefficient (Wildman–Crippen LogP) is 14.2. The number of carbonyl (C=O) groups excluding carboxylic acids is 2. The van der Waals surface area contributed by atoms with Crippen LogP contribution in [0.15, 0.2) is 12.2 Å². The smallest absolute Gasteiger partial charge is 0.305 e. The Morgan fingerprint density at radius 1 is 0.491 bits per heavy atom. The minimum absolute atomic E-state index is 0.0273. The second kappa shape index (κ2) is 45.3. The largest absolute Gasteiger partial charge is 0.466 e. The van der Waals surface area contributed by atoms with Gasteiger partial charge in [0.15, 0.2) is 0 Å². The molecule has 0 saturated carbocycles. The van der Waals surface area contributed by atoms with Gasteiger partial charge in [-0.1, -0.05) is 212 Å². The number of hydrogen-bond acceptors (Lipinski definition) is 5. The lowest BCUT2D eigenvalue weighted by atomic mass is 10.0. The lowest BCUT2D eigenvalue weighted by molar-refractivity contribution is -0.143. The average molecular weight is 778 g/mol. The molecule has 0 heterocycles. The first kappa shape index (κ1) is 53.6. The zero-order valence-electron chi connectivity index (χ0n) is 36.9. The van der Waals surface area contributed by atoms with Gasteiger partial charge in [-0.15, -0.1) is 0 Å². The summed E-state index contributed by atoms with van der Waals surface area (Å²) in [7, 11) is 0. The third kappa shape index (κ3) is 42.0. The van der Waals surface area contributed by atoms with Gasteiger partial charge in [0.2, 0.25) is 5.91 Å². The van der Waals surface area contributed by atoms with Crippen molar-refractivity contribution in [3.8, 4) is 0 Å². The number of unbranched alkanes of at least 4 members (excludes halogenated alkanes) is 32. The first-order valence-electron chi connectivity index (χ1n) is 24.4. The van der Waals surface area contributed by atoms with Crippen molar-refractivity contribution in [3.05, 3.63) is 12.2 Å². The van der Waals surface area contributed by atoms with E-state index < -0.39 is 12.1 Å². The van der Waals surface area contributed by atoms with Crippen LogP contribution in [-0.2, 0) is 14.3 Å². The van der Waals surface area contributed by atoms with E-state index in [1.54, 1.807) is 0 Å². The van der Waals surface area contributed by atoms with Crippen LogP contribution in [0, 0.1) is 0 Å². The van der Waals surface area contributed by atoms with E-state index in [-0.39, 0.29) is 18.5 Å². The van der Waals surface area contributed by atoms with Gasteiger partial charge in [0.1, 0.15) is 0 Å². The highest BCUT2D eigenvalue weighted by atomic mass is 16.5. The highest BCUT2D eigenvalue weighted by molar-refractivity contribution is 5.76. The van der Waals surface area contributed by atoms with Crippen LogP contribution in [0.2, 0.25) is 0 Å². The van der Waals surface area contributed by atoms with Gasteiger partial charge in [-0.2, -0.15) is 0 Å². The summed E-state index contributed by atoms with van der Waals surface area (Å²) in [4.78, 5) is 24.4. The highest BCUT2D eigenvalue weighted by Crippen LogP contribution is 2.16. The third-order valence-electron chi connectivity index (χ3n) is 11.3. The molecular formula is C49H95NO5. The predicted molar refractivity (Wildman–Crippen MR) is 237 cm³/mol. The number of carbonyl (C=O) groups is 2. The molecule has 0 aromatic carbocycles. The Bertz CT molecular complexity index is 817. The van der Waals surface area contributed by atoms with Crippen LogP contribution in [0.5, 0.6) is 0 Å². The SMILES string of the molecule is CCCCCCC/C=C\CCCCCCCC(=O)OCCCCCCCCCCCCC(=O)NC(CO)C(O)CCCCCCCCCCCCCCCC. The quantitative estimate of drug-likeness (QED) is 0.0325. The van der Waals surface area contributed by atoms with Crippen molar-refractivity contribution < 1.29 is 24.5 Å². The first-order chi connectivity index (χ1) is 27.0. The first-order valence-corrected chi connectivity index (χ1v) is 24.4. The molecule has 0 fully saturated rings. The molecule has 6 heteroatoms. The zero-order chi connectivity index (χ0) is 40.1. The number of hydrogen-bond donors (Lipinski definition) is 3. The molecule has 0 bridgehead atoms. The van der Waals surface area contributed by atoms with Gasteiger partial charge in [0.05, 0.1) is 25.4 Å². The molecule has 3 N–H and O–H groups in total. The van der Waals surface area contributed by atoms with Gasteiger partial charge in [0, 0.05) is 12.8 Å². The number of ether oxygens (including phenoxy) is 1. The number of allylic oxidation sites excluding steroid dienone is 2. The maximum absolute atomic E-state index is 12.4. The molecule has 6 nitrogen and oxygen atoms in total. The fourth-order valence-electron chi connectivity index (χ4n) is 7.51. The summed E-state index contributed by atoms with van der Waals surface area (Å²) in [5.74, 6) is -0.0850. The van der Waals surface area contributed by atoms with Crippen LogP contribution in [0.1, 0.15) is 264 Å². The second-order valence-electron chi connectivity index (χ2n) is 16.8. The Morgan fingerprint density at radius 2 is 0.855 bits per heavy atom. The Hall–Kier alpha value is -1.40. The Balaban J connectivity index is 3.49. The number of esters is 1. The fraction of sp³-hybridized carbons (Fsp3) is 0.918. The van der Waals surface area contributed by atoms with Crippen molar-refractivity contribution in [3.63, 3.8) is 0 Å². The molecule has 0 radical (unpaired) electrons. The van der Waals surface area contributed by atoms with E-state index in [1.807, 2.05) is 0 Å². The molecular weight excluding hydrogens is 683 g/mol. The number of aliphatic hydroxyl groups excluding tert-OH is 2. The van der Waals surface area contributed by atoms with E-state index in [2.05, 4.69) is 31.3 Å². The average Bonchev–Trinajstić information content (AvgIpc) is 3.18. The van der Waals surface area contributed by atoms with Crippen LogP contribution >= 0.6 is 0 Å². The van der Waals surface area contributed by atoms with Crippen LogP contribution in [0.25, 0.3) is 0 Å². The van der Waals surface area contributed by atoms with E-state index in [1.165, 1.54) is 173 Å². The topological polar surface area (TPSA) is 95.9 Å². The molecule has 0 aromatic rings. The summed E-state index contributed by atoms with van der Waals surface area (Å²) in [5, 5.41) is 23.2. The Kier molecular flexibility index (Phi) is 44.2. The van der Waals surface area contributed by atoms with Crippen LogP contribution in [-0.4, -0.2) is 47.4 Å². The molecule has 0 aliphatic heterocycles. The summed E-state index contributed by atoms with van der Waals surface area (Å²) in [5.41, 5.74) is 0. The summed E-state index contributed by atoms with van der Waals surface area (Å²) < 4.78 is 5.44. The number of nitrogens with one attached hydrogen (secondary N) is 1. The van der Waals surface area contributed by atoms with Gasteiger partial charge in [-0.05, 0) is 51.4 Å². The molecule has 0 rings (SSSR count). The molecule has 0 saturated heterocycles. The maximum atomic E-state index is 12.4. The van der Waals surface area contributed by atoms with Crippen molar-refractivity contribution in [2.75, 3.05) is 13.2 Å². The van der Waals surface area contributed by atoms with Gasteiger partial charge >= 0.3 is 5.97 Å². The molecule has 0 aliphatic rings. The van der Waals surface area contributed by atoms with Crippen molar-refractivity contribution in [2.24, 2.45) is 0 Å². The molecule has 0 aromatic heterocycles. The Morgan fingerprint density at radius 3 is 1.29 bits per heavy atom. The van der Waals surface area contributed by atoms with E-state index in [0.29, 0.717) is 25.9 Å². The number of amides is 1. The molecule has 0 spiro atoms. The van der Waals surface area contributed by atoms with Crippen LogP contribution in [0.4, 0.5) is 0 Å². The Labute approximate surface area is 342 Å². The van der Waals surface area contributed by atoms with Crippen molar-refractivity contribution in [2.45, 2.75) is 276 Å². The summed E-state index contributed by atoms with van der Waals surface area (Å²) in [6.07, 6.45) is 50.2. The monoisotopic (exact) mass is 778 g/mol. The summed E-state index contributed by atoms with van der Waals surface area (Å²) in [6, 6.07) is -0.557. The van der Waals surface area contributed by atoms with Gasteiger partial charge in [-0.25, -0.2) is 0 Å². The molecule has 55 heavy (non-hydrogen) atoms. The third-order valence-corrected chi connectivity index (χ3v) is 11.3. The van der Waals surface area contributed by atoms with E-state index in [4.69, 9.17) is 4.74 Å². The molecule has 2 atom stereocenters. The normalized spacial score (nSPS) is 12.7. The minimum atomic E-state index is -0.677. The van der Waals surface area contributed by atoms with Gasteiger partial charge < -0.3 is 20.3 Å². The lowest BCUT2D eigenvalue weighted by Crippen LogP contribution is -2.45. The maximum Gasteiger partial charge on any atom is 0.305 e. The minimum Gasteiger partial charge on any atom is -0.466 e. The highest BCUT2D eigenvalue weighted by Gasteiger charge is 2.20. The van der Waals surface area contributed by atoms with E-state index in [9.17, 15) is 19.8 Å². The van der Waals surface area contributed by atoms with Crippen molar-refractivity contribution in [1.82, 2.24) is 5.32 Å². The standard InChI is InChI=1S/C49H95NO5/c1-3-5-7-9-11-13-15-17-19-21-25-29-33-37-41-47(52)46(45-51)50-48(53)42-38-34-30-26-23-24-28-32-36-40-44-55-49(54)43-39-35-31-27-22-20-18-16-14-12-10-8-6-4-2/h16,18,46-47,51-52H,3-15,17,19-45H2,1-2H3,(H,50,53)/b18-16-. The molecule has 2 unspecified atom stereocenters. The van der Waals surface area contributed by atoms with Crippen molar-refractivity contribution in [1.29, 1.82) is 0 Å². The number of aliphatic hydroxyl groups is 2. The van der Waals surface area contributed by atoms with Crippen LogP contribution in [0.3, 0.4) is 0 Å². The number of rotatable bonds is 45. The molecule has 1 amide bonds. The van der Waals surface area contributed by atoms with Crippen molar-refractivity contribution >= 4 is 11.9 Å².